The molecule has 0 aromatic carbocycles. The number of nitriles is 1. The summed E-state index contributed by atoms with van der Waals surface area (Å²) in [5.41, 5.74) is 6.15. The number of hydrogen-bond donors (Lipinski definition) is 2. The third kappa shape index (κ3) is 22.8. The van der Waals surface area contributed by atoms with Crippen LogP contribution in [0.3, 0.4) is 0 Å². The maximum atomic E-state index is 12.2. The molecule has 0 rings (SSSR count). The molecule has 7 nitrogen and oxygen atoms in total. The Morgan fingerprint density at radius 3 is 1.87 bits per heavy atom. The second kappa shape index (κ2) is 26.3. The molecule has 38 heavy (non-hydrogen) atoms. The van der Waals surface area contributed by atoms with Crippen LogP contribution >= 0.6 is 0 Å². The molecule has 0 radical (unpaired) electrons. The Labute approximate surface area is 234 Å². The fourth-order valence-electron chi connectivity index (χ4n) is 4.57. The molecule has 0 aromatic rings. The van der Waals surface area contributed by atoms with Gasteiger partial charge in [0.15, 0.2) is 6.19 Å². The number of amides is 1. The second-order valence-electron chi connectivity index (χ2n) is 10.7. The molecule has 7 heteroatoms. The van der Waals surface area contributed by atoms with Crippen LogP contribution in [-0.2, 0) is 4.79 Å². The van der Waals surface area contributed by atoms with E-state index < -0.39 is 0 Å². The molecule has 0 heterocycles. The van der Waals surface area contributed by atoms with Crippen molar-refractivity contribution in [1.82, 2.24) is 20.7 Å². The van der Waals surface area contributed by atoms with Gasteiger partial charge in [-0.1, -0.05) is 116 Å². The highest BCUT2D eigenvalue weighted by molar-refractivity contribution is 5.93. The number of nitrogens with zero attached hydrogens (tertiary/aromatic N) is 4. The summed E-state index contributed by atoms with van der Waals surface area (Å²) in [7, 11) is 4.00. The molecule has 0 saturated carbocycles. The summed E-state index contributed by atoms with van der Waals surface area (Å²) in [5, 5.41) is 8.36. The summed E-state index contributed by atoms with van der Waals surface area (Å²) in [6.45, 7) is 13.2. The minimum atomic E-state index is -0.200. The highest BCUT2D eigenvalue weighted by Gasteiger charge is 2.11. The minimum Gasteiger partial charge on any atom is -0.340 e. The van der Waals surface area contributed by atoms with Gasteiger partial charge < -0.3 is 9.80 Å². The number of hydrogen-bond acceptors (Lipinski definition) is 5. The first kappa shape index (κ1) is 35.7. The number of aliphatic imine (C=N–C) groups is 1. The lowest BCUT2D eigenvalue weighted by Crippen LogP contribution is -2.29. The van der Waals surface area contributed by atoms with Crippen molar-refractivity contribution in [3.05, 3.63) is 24.4 Å². The topological polar surface area (TPSA) is 83.8 Å². The van der Waals surface area contributed by atoms with Crippen LogP contribution in [0.2, 0.25) is 0 Å². The Hall–Kier alpha value is -2.33. The van der Waals surface area contributed by atoms with E-state index in [0.717, 1.165) is 25.8 Å². The summed E-state index contributed by atoms with van der Waals surface area (Å²) < 4.78 is 0. The Morgan fingerprint density at radius 1 is 0.816 bits per heavy atom. The molecule has 0 bridgehead atoms. The first-order valence-corrected chi connectivity index (χ1v) is 15.1. The summed E-state index contributed by atoms with van der Waals surface area (Å²) in [4.78, 5) is 20.2. The SMILES string of the molecule is C=C(CCCCCCCCCN(C)C(=O)C(=C)N=CNNC#N)CN(C)CCCCCCCCCCCC. The van der Waals surface area contributed by atoms with Gasteiger partial charge >= 0.3 is 0 Å². The van der Waals surface area contributed by atoms with Gasteiger partial charge in [0.25, 0.3) is 5.91 Å². The van der Waals surface area contributed by atoms with Crippen LogP contribution in [0.25, 0.3) is 0 Å². The van der Waals surface area contributed by atoms with Crippen molar-refractivity contribution in [3.63, 3.8) is 0 Å². The van der Waals surface area contributed by atoms with Gasteiger partial charge in [0, 0.05) is 20.1 Å². The van der Waals surface area contributed by atoms with Gasteiger partial charge in [-0.25, -0.2) is 10.4 Å². The molecule has 1 amide bonds. The van der Waals surface area contributed by atoms with Crippen molar-refractivity contribution >= 4 is 12.2 Å². The molecule has 0 spiro atoms. The van der Waals surface area contributed by atoms with Crippen molar-refractivity contribution in [1.29, 1.82) is 5.26 Å². The minimum absolute atomic E-state index is 0.145. The van der Waals surface area contributed by atoms with Crippen LogP contribution in [0, 0.1) is 11.5 Å². The first-order valence-electron chi connectivity index (χ1n) is 15.1. The second-order valence-corrected chi connectivity index (χ2v) is 10.7. The molecule has 0 aromatic heterocycles. The van der Waals surface area contributed by atoms with E-state index in [2.05, 4.69) is 47.9 Å². The largest absolute Gasteiger partial charge is 0.340 e. The molecular weight excluding hydrogens is 472 g/mol. The van der Waals surface area contributed by atoms with Crippen molar-refractivity contribution in [2.75, 3.05) is 33.7 Å². The van der Waals surface area contributed by atoms with Gasteiger partial charge in [0.2, 0.25) is 0 Å². The van der Waals surface area contributed by atoms with Gasteiger partial charge in [-0.05, 0) is 39.3 Å². The van der Waals surface area contributed by atoms with Crippen molar-refractivity contribution in [2.24, 2.45) is 4.99 Å². The smallest absolute Gasteiger partial charge is 0.271 e. The van der Waals surface area contributed by atoms with Crippen LogP contribution in [0.15, 0.2) is 29.4 Å². The molecule has 2 N–H and O–H groups in total. The highest BCUT2D eigenvalue weighted by atomic mass is 16.2. The predicted octanol–water partition coefficient (Wildman–Crippen LogP) is 7.09. The number of likely N-dealkylation sites (N-methyl/N-ethyl adjacent to an activating group) is 2. The van der Waals surface area contributed by atoms with Crippen LogP contribution < -0.4 is 10.9 Å². The van der Waals surface area contributed by atoms with E-state index in [-0.39, 0.29) is 11.6 Å². The van der Waals surface area contributed by atoms with E-state index in [4.69, 9.17) is 5.26 Å². The third-order valence-corrected chi connectivity index (χ3v) is 6.92. The van der Waals surface area contributed by atoms with Gasteiger partial charge in [-0.2, -0.15) is 5.26 Å². The van der Waals surface area contributed by atoms with Crippen LogP contribution in [0.4, 0.5) is 0 Å². The fourth-order valence-corrected chi connectivity index (χ4v) is 4.57. The zero-order valence-corrected chi connectivity index (χ0v) is 25.0. The predicted molar refractivity (Wildman–Crippen MR) is 163 cm³/mol. The zero-order chi connectivity index (χ0) is 28.3. The van der Waals surface area contributed by atoms with Gasteiger partial charge in [0.05, 0.1) is 0 Å². The summed E-state index contributed by atoms with van der Waals surface area (Å²) in [6, 6.07) is 0. The standard InChI is InChI=1S/C31H58N6O/c1-6-7-8-9-10-11-12-15-18-21-24-36(4)26-29(2)23-20-17-14-13-16-19-22-25-37(5)31(38)30(3)33-28-35-34-27-32/h28,34H,2-3,6-26H2,1,4-5H3,(H,33,35). The van der Waals surface area contributed by atoms with E-state index in [0.29, 0.717) is 6.54 Å². The molecular formula is C31H58N6O. The molecule has 0 unspecified atom stereocenters. The molecule has 0 atom stereocenters. The third-order valence-electron chi connectivity index (χ3n) is 6.92. The van der Waals surface area contributed by atoms with E-state index in [1.807, 2.05) is 0 Å². The number of rotatable bonds is 27. The number of carbonyl (C=O) groups is 1. The van der Waals surface area contributed by atoms with E-state index in [1.54, 1.807) is 18.1 Å². The lowest BCUT2D eigenvalue weighted by molar-refractivity contribution is -0.125. The Balaban J connectivity index is 3.57. The first-order chi connectivity index (χ1) is 18.4. The van der Waals surface area contributed by atoms with Crippen molar-refractivity contribution in [3.8, 4) is 6.19 Å². The quantitative estimate of drug-likeness (QED) is 0.0173. The lowest BCUT2D eigenvalue weighted by Gasteiger charge is -2.18. The monoisotopic (exact) mass is 530 g/mol. The molecule has 0 fully saturated rings. The van der Waals surface area contributed by atoms with Crippen molar-refractivity contribution < 1.29 is 4.79 Å². The molecule has 0 aliphatic carbocycles. The maximum absolute atomic E-state index is 12.2. The maximum Gasteiger partial charge on any atom is 0.271 e. The molecule has 218 valence electrons. The number of hydrazine groups is 1. The van der Waals surface area contributed by atoms with Crippen molar-refractivity contribution in [2.45, 2.75) is 122 Å². The van der Waals surface area contributed by atoms with Crippen LogP contribution in [0.1, 0.15) is 122 Å². The van der Waals surface area contributed by atoms with Crippen LogP contribution in [0.5, 0.6) is 0 Å². The zero-order valence-electron chi connectivity index (χ0n) is 25.0. The van der Waals surface area contributed by atoms with Gasteiger partial charge in [-0.15, -0.1) is 0 Å². The Morgan fingerprint density at radius 2 is 1.32 bits per heavy atom. The molecule has 0 saturated heterocycles. The average Bonchev–Trinajstić information content (AvgIpc) is 2.90. The number of carbonyl (C=O) groups excluding carboxylic acids is 1. The summed E-state index contributed by atoms with van der Waals surface area (Å²) in [5.74, 6) is -0.200. The summed E-state index contributed by atoms with van der Waals surface area (Å²) in [6.07, 6.45) is 26.3. The fraction of sp³-hybridized carbons (Fsp3) is 0.774. The lowest BCUT2D eigenvalue weighted by atomic mass is 10.0. The van der Waals surface area contributed by atoms with E-state index >= 15 is 0 Å². The molecule has 0 aliphatic rings. The Bertz CT molecular complexity index is 684. The molecule has 0 aliphatic heterocycles. The number of nitrogens with one attached hydrogen (secondary N) is 2. The normalized spacial score (nSPS) is 11.0. The van der Waals surface area contributed by atoms with Crippen LogP contribution in [-0.4, -0.2) is 55.8 Å². The van der Waals surface area contributed by atoms with Gasteiger partial charge in [-0.3, -0.25) is 10.2 Å². The summed E-state index contributed by atoms with van der Waals surface area (Å²) >= 11 is 0. The van der Waals surface area contributed by atoms with Gasteiger partial charge in [0.1, 0.15) is 12.0 Å². The average molecular weight is 531 g/mol. The van der Waals surface area contributed by atoms with E-state index in [9.17, 15) is 4.79 Å². The highest BCUT2D eigenvalue weighted by Crippen LogP contribution is 2.14. The Kier molecular flexibility index (Phi) is 24.7. The number of unbranched alkanes of at least 4 members (excludes halogenated alkanes) is 15. The van der Waals surface area contributed by atoms with E-state index in [1.165, 1.54) is 115 Å².